The van der Waals surface area contributed by atoms with E-state index in [4.69, 9.17) is 4.74 Å². The van der Waals surface area contributed by atoms with Gasteiger partial charge in [-0.15, -0.1) is 6.58 Å². The summed E-state index contributed by atoms with van der Waals surface area (Å²) in [5, 5.41) is 20.3. The molecule has 3 heterocycles. The van der Waals surface area contributed by atoms with Crippen LogP contribution in [0.1, 0.15) is 45.2 Å². The minimum absolute atomic E-state index is 0.266. The van der Waals surface area contributed by atoms with E-state index in [2.05, 4.69) is 6.58 Å². The van der Waals surface area contributed by atoms with E-state index in [-0.39, 0.29) is 12.5 Å². The van der Waals surface area contributed by atoms with Crippen molar-refractivity contribution in [1.82, 2.24) is 9.80 Å². The van der Waals surface area contributed by atoms with Gasteiger partial charge in [-0.1, -0.05) is 36.4 Å². The maximum absolute atomic E-state index is 14.2. The molecule has 1 spiro atoms. The predicted octanol–water partition coefficient (Wildman–Crippen LogP) is 1.99. The van der Waals surface area contributed by atoms with Gasteiger partial charge in [-0.05, 0) is 39.2 Å². The zero-order valence-electron chi connectivity index (χ0n) is 19.3. The van der Waals surface area contributed by atoms with Crippen LogP contribution in [0.15, 0.2) is 43.0 Å². The van der Waals surface area contributed by atoms with Crippen LogP contribution in [0.4, 0.5) is 0 Å². The Morgan fingerprint density at radius 2 is 2.00 bits per heavy atom. The van der Waals surface area contributed by atoms with E-state index in [1.807, 2.05) is 26.8 Å². The average molecular weight is 457 g/mol. The van der Waals surface area contributed by atoms with Gasteiger partial charge in [-0.2, -0.15) is 0 Å². The second-order valence-corrected chi connectivity index (χ2v) is 10.2. The number of likely N-dealkylation sites (tertiary alicyclic amines) is 1. The molecule has 1 aromatic carbocycles. The number of carbonyl (C=O) groups excluding carboxylic acids is 2. The molecule has 2 N–H and O–H groups in total. The first-order chi connectivity index (χ1) is 15.6. The number of carboxylic acids is 1. The number of amides is 2. The van der Waals surface area contributed by atoms with E-state index in [0.717, 1.165) is 0 Å². The maximum atomic E-state index is 14.2. The van der Waals surface area contributed by atoms with Crippen molar-refractivity contribution in [3.63, 3.8) is 0 Å². The Labute approximate surface area is 193 Å². The number of benzene rings is 1. The van der Waals surface area contributed by atoms with Crippen LogP contribution in [-0.4, -0.2) is 74.2 Å². The number of nitrogens with zero attached hydrogens (tertiary/aromatic N) is 2. The largest absolute Gasteiger partial charge is 0.481 e. The third kappa shape index (κ3) is 3.47. The summed E-state index contributed by atoms with van der Waals surface area (Å²) in [5.41, 5.74) is -1.12. The van der Waals surface area contributed by atoms with Crippen molar-refractivity contribution in [3.8, 4) is 0 Å². The summed E-state index contributed by atoms with van der Waals surface area (Å²) >= 11 is 0. The fraction of sp³-hybridized carbons (Fsp3) is 0.560. The molecule has 0 aromatic heterocycles. The lowest BCUT2D eigenvalue weighted by Crippen LogP contribution is -2.60. The van der Waals surface area contributed by atoms with Gasteiger partial charge < -0.3 is 24.7 Å². The molecule has 2 bridgehead atoms. The van der Waals surface area contributed by atoms with Gasteiger partial charge in [-0.25, -0.2) is 0 Å². The first-order valence-corrected chi connectivity index (χ1v) is 11.4. The van der Waals surface area contributed by atoms with E-state index in [1.54, 1.807) is 35.2 Å². The van der Waals surface area contributed by atoms with Gasteiger partial charge in [0.25, 0.3) is 0 Å². The molecule has 1 aromatic rings. The van der Waals surface area contributed by atoms with Crippen LogP contribution in [0.3, 0.4) is 0 Å². The molecule has 3 fully saturated rings. The number of hydrogen-bond acceptors (Lipinski definition) is 5. The molecule has 0 unspecified atom stereocenters. The van der Waals surface area contributed by atoms with Gasteiger partial charge >= 0.3 is 5.97 Å². The summed E-state index contributed by atoms with van der Waals surface area (Å²) in [6.07, 6.45) is 1.93. The second-order valence-electron chi connectivity index (χ2n) is 10.2. The standard InChI is InChI=1S/C25H32N2O6/c1-5-13-26(24(2,3)4)22(30)20-25-12-11-17(33-25)18(23(31)32)19(25)21(29)27(20)16(14-28)15-9-7-6-8-10-15/h5-10,16-20,28H,1,11-14H2,2-4H3,(H,31,32)/t16-,17+,18-,19-,20+,25-/m1/s1. The second kappa shape index (κ2) is 8.25. The van der Waals surface area contributed by atoms with Crippen molar-refractivity contribution in [2.75, 3.05) is 13.2 Å². The zero-order chi connectivity index (χ0) is 24.1. The Balaban J connectivity index is 1.87. The predicted molar refractivity (Wildman–Crippen MR) is 120 cm³/mol. The van der Waals surface area contributed by atoms with Crippen LogP contribution in [0.25, 0.3) is 0 Å². The SMILES string of the molecule is C=CCN(C(=O)[C@@H]1N([C@H](CO)c2ccccc2)C(=O)[C@H]2[C@H](C(=O)O)[C@@H]3CC[C@]12O3)C(C)(C)C. The Kier molecular flexibility index (Phi) is 5.87. The highest BCUT2D eigenvalue weighted by Gasteiger charge is 2.75. The number of rotatable bonds is 7. The minimum atomic E-state index is -1.23. The van der Waals surface area contributed by atoms with Crippen molar-refractivity contribution in [2.45, 2.75) is 62.9 Å². The summed E-state index contributed by atoms with van der Waals surface area (Å²) < 4.78 is 6.27. The van der Waals surface area contributed by atoms with E-state index in [9.17, 15) is 24.6 Å². The molecule has 178 valence electrons. The van der Waals surface area contributed by atoms with Crippen molar-refractivity contribution < 1.29 is 29.3 Å². The highest BCUT2D eigenvalue weighted by atomic mass is 16.5. The fourth-order valence-corrected chi connectivity index (χ4v) is 5.99. The number of aliphatic hydroxyl groups excluding tert-OH is 1. The first-order valence-electron chi connectivity index (χ1n) is 11.4. The van der Waals surface area contributed by atoms with E-state index in [0.29, 0.717) is 18.4 Å². The van der Waals surface area contributed by atoms with Gasteiger partial charge in [0.2, 0.25) is 11.8 Å². The Bertz CT molecular complexity index is 957. The average Bonchev–Trinajstić information content (AvgIpc) is 3.40. The molecule has 33 heavy (non-hydrogen) atoms. The zero-order valence-corrected chi connectivity index (χ0v) is 19.3. The molecule has 8 heteroatoms. The number of aliphatic hydroxyl groups is 1. The molecule has 3 aliphatic heterocycles. The van der Waals surface area contributed by atoms with Gasteiger partial charge in [0, 0.05) is 12.1 Å². The summed E-state index contributed by atoms with van der Waals surface area (Å²) in [4.78, 5) is 43.3. The molecule has 8 nitrogen and oxygen atoms in total. The summed E-state index contributed by atoms with van der Waals surface area (Å²) in [6.45, 7) is 9.35. The molecular weight excluding hydrogens is 424 g/mol. The normalized spacial score (nSPS) is 31.4. The number of ether oxygens (including phenoxy) is 1. The van der Waals surface area contributed by atoms with Crippen LogP contribution < -0.4 is 0 Å². The Hall–Kier alpha value is -2.71. The molecule has 3 aliphatic rings. The minimum Gasteiger partial charge on any atom is -0.481 e. The Morgan fingerprint density at radius 3 is 2.55 bits per heavy atom. The third-order valence-electron chi connectivity index (χ3n) is 7.34. The lowest BCUT2D eigenvalue weighted by Gasteiger charge is -2.43. The van der Waals surface area contributed by atoms with E-state index in [1.165, 1.54) is 4.90 Å². The van der Waals surface area contributed by atoms with Gasteiger partial charge in [0.05, 0.1) is 30.6 Å². The van der Waals surface area contributed by atoms with Gasteiger partial charge in [-0.3, -0.25) is 14.4 Å². The van der Waals surface area contributed by atoms with Crippen LogP contribution >= 0.6 is 0 Å². The highest BCUT2D eigenvalue weighted by Crippen LogP contribution is 2.60. The number of carbonyl (C=O) groups is 3. The van der Waals surface area contributed by atoms with Gasteiger partial charge in [0.15, 0.2) is 0 Å². The molecular formula is C25H32N2O6. The maximum Gasteiger partial charge on any atom is 0.310 e. The fourth-order valence-electron chi connectivity index (χ4n) is 5.99. The van der Waals surface area contributed by atoms with Crippen molar-refractivity contribution >= 4 is 17.8 Å². The smallest absolute Gasteiger partial charge is 0.310 e. The third-order valence-corrected chi connectivity index (χ3v) is 7.34. The van der Waals surface area contributed by atoms with Crippen molar-refractivity contribution in [2.24, 2.45) is 11.8 Å². The van der Waals surface area contributed by atoms with E-state index < -0.39 is 59.6 Å². The summed E-state index contributed by atoms with van der Waals surface area (Å²) in [5.74, 6) is -3.83. The van der Waals surface area contributed by atoms with Crippen LogP contribution in [0.5, 0.6) is 0 Å². The summed E-state index contributed by atoms with van der Waals surface area (Å²) in [7, 11) is 0. The van der Waals surface area contributed by atoms with Gasteiger partial charge in [0.1, 0.15) is 11.6 Å². The van der Waals surface area contributed by atoms with Crippen molar-refractivity contribution in [1.29, 1.82) is 0 Å². The Morgan fingerprint density at radius 1 is 1.33 bits per heavy atom. The molecule has 4 rings (SSSR count). The molecule has 6 atom stereocenters. The molecule has 2 amide bonds. The number of fused-ring (bicyclic) bond motifs is 1. The molecule has 3 saturated heterocycles. The van der Waals surface area contributed by atoms with Crippen LogP contribution in [0.2, 0.25) is 0 Å². The highest BCUT2D eigenvalue weighted by molar-refractivity contribution is 5.98. The summed E-state index contributed by atoms with van der Waals surface area (Å²) in [6, 6.07) is 7.18. The van der Waals surface area contributed by atoms with E-state index >= 15 is 0 Å². The van der Waals surface area contributed by atoms with Crippen LogP contribution in [-0.2, 0) is 19.1 Å². The number of hydrogen-bond donors (Lipinski definition) is 2. The first kappa shape index (κ1) is 23.4. The van der Waals surface area contributed by atoms with Crippen LogP contribution in [0, 0.1) is 11.8 Å². The quantitative estimate of drug-likeness (QED) is 0.608. The molecule has 0 radical (unpaired) electrons. The lowest BCUT2D eigenvalue weighted by atomic mass is 9.70. The topological polar surface area (TPSA) is 107 Å². The molecule has 0 saturated carbocycles. The number of aliphatic carboxylic acids is 1. The van der Waals surface area contributed by atoms with Crippen molar-refractivity contribution in [3.05, 3.63) is 48.6 Å². The monoisotopic (exact) mass is 456 g/mol. The number of carboxylic acid groups (broad SMARTS) is 1. The lowest BCUT2D eigenvalue weighted by molar-refractivity contribution is -0.155. The molecule has 0 aliphatic carbocycles.